The van der Waals surface area contributed by atoms with E-state index in [0.717, 1.165) is 27.7 Å². The predicted molar refractivity (Wildman–Crippen MR) is 80.3 cm³/mol. The smallest absolute Gasteiger partial charge is 0.0739 e. The fraction of sp³-hybridized carbons (Fsp3) is 0.308. The summed E-state index contributed by atoms with van der Waals surface area (Å²) in [6.45, 7) is 3.65. The van der Waals surface area contributed by atoms with Crippen molar-refractivity contribution >= 4 is 31.9 Å². The lowest BCUT2D eigenvalue weighted by atomic mass is 10.2. The molecule has 0 saturated heterocycles. The molecule has 3 nitrogen and oxygen atoms in total. The van der Waals surface area contributed by atoms with E-state index in [0.29, 0.717) is 0 Å². The number of nitrogens with zero attached hydrogens (tertiary/aromatic N) is 2. The van der Waals surface area contributed by atoms with Crippen molar-refractivity contribution in [2.24, 2.45) is 7.05 Å². The Morgan fingerprint density at radius 2 is 1.83 bits per heavy atom. The maximum absolute atomic E-state index is 4.37. The molecule has 0 aliphatic carbocycles. The molecule has 1 aromatic heterocycles. The van der Waals surface area contributed by atoms with Gasteiger partial charge in [-0.2, -0.15) is 5.10 Å². The largest absolute Gasteiger partial charge is 0.307 e. The van der Waals surface area contributed by atoms with Gasteiger partial charge in [-0.15, -0.1) is 0 Å². The lowest BCUT2D eigenvalue weighted by Gasteiger charge is -2.06. The zero-order chi connectivity index (χ0) is 13.1. The predicted octanol–water partition coefficient (Wildman–Crippen LogP) is 3.54. The van der Waals surface area contributed by atoms with E-state index in [1.54, 1.807) is 0 Å². The average molecular weight is 373 g/mol. The van der Waals surface area contributed by atoms with Crippen molar-refractivity contribution in [3.63, 3.8) is 0 Å². The second-order valence-electron chi connectivity index (χ2n) is 4.20. The topological polar surface area (TPSA) is 29.9 Å². The molecule has 0 unspecified atom stereocenters. The van der Waals surface area contributed by atoms with Crippen LogP contribution in [0.4, 0.5) is 0 Å². The average Bonchev–Trinajstić information content (AvgIpc) is 2.58. The molecule has 0 fully saturated rings. The Kier molecular flexibility index (Phi) is 4.59. The fourth-order valence-corrected chi connectivity index (χ4v) is 2.54. The highest BCUT2D eigenvalue weighted by Gasteiger charge is 2.09. The molecule has 1 N–H and O–H groups in total. The summed E-state index contributed by atoms with van der Waals surface area (Å²) >= 11 is 7.00. The van der Waals surface area contributed by atoms with E-state index < -0.39 is 0 Å². The molecule has 18 heavy (non-hydrogen) atoms. The summed E-state index contributed by atoms with van der Waals surface area (Å²) in [5, 5.41) is 7.80. The minimum absolute atomic E-state index is 0.800. The van der Waals surface area contributed by atoms with Crippen molar-refractivity contribution in [2.75, 3.05) is 0 Å². The minimum atomic E-state index is 0.800. The first kappa shape index (κ1) is 13.8. The van der Waals surface area contributed by atoms with Gasteiger partial charge in [0.15, 0.2) is 0 Å². The molecule has 0 amide bonds. The van der Waals surface area contributed by atoms with Crippen LogP contribution < -0.4 is 5.32 Å². The molecule has 96 valence electrons. The van der Waals surface area contributed by atoms with Crippen LogP contribution in [0.1, 0.15) is 17.0 Å². The highest BCUT2D eigenvalue weighted by Crippen LogP contribution is 2.20. The second kappa shape index (κ2) is 5.99. The van der Waals surface area contributed by atoms with Gasteiger partial charge in [-0.05, 0) is 40.5 Å². The molecule has 0 aliphatic heterocycles. The van der Waals surface area contributed by atoms with Gasteiger partial charge in [0.2, 0.25) is 0 Å². The zero-order valence-electron chi connectivity index (χ0n) is 10.4. The third-order valence-electron chi connectivity index (χ3n) is 2.80. The highest BCUT2D eigenvalue weighted by atomic mass is 79.9. The van der Waals surface area contributed by atoms with Gasteiger partial charge < -0.3 is 5.32 Å². The Hall–Kier alpha value is -0.650. The van der Waals surface area contributed by atoms with Crippen molar-refractivity contribution in [3.8, 4) is 0 Å². The van der Waals surface area contributed by atoms with E-state index in [4.69, 9.17) is 0 Å². The summed E-state index contributed by atoms with van der Waals surface area (Å²) in [5.74, 6) is 0. The van der Waals surface area contributed by atoms with E-state index in [1.165, 1.54) is 11.3 Å². The lowest BCUT2D eigenvalue weighted by Crippen LogP contribution is -2.15. The maximum Gasteiger partial charge on any atom is 0.0739 e. The highest BCUT2D eigenvalue weighted by molar-refractivity contribution is 9.10. The monoisotopic (exact) mass is 371 g/mol. The zero-order valence-corrected chi connectivity index (χ0v) is 13.5. The maximum atomic E-state index is 4.37. The van der Waals surface area contributed by atoms with Crippen molar-refractivity contribution in [1.82, 2.24) is 15.1 Å². The molecule has 0 radical (unpaired) electrons. The van der Waals surface area contributed by atoms with E-state index >= 15 is 0 Å². The van der Waals surface area contributed by atoms with Gasteiger partial charge in [0.25, 0.3) is 0 Å². The number of benzene rings is 1. The summed E-state index contributed by atoms with van der Waals surface area (Å²) in [4.78, 5) is 0. The molecular weight excluding hydrogens is 358 g/mol. The van der Waals surface area contributed by atoms with Gasteiger partial charge in [-0.25, -0.2) is 0 Å². The Bertz CT molecular complexity index is 532. The van der Waals surface area contributed by atoms with Crippen molar-refractivity contribution in [1.29, 1.82) is 0 Å². The molecular formula is C13H15Br2N3. The molecule has 5 heteroatoms. The SMILES string of the molecule is Cc1nn(C)c(CNCc2ccc(Br)cc2)c1Br. The van der Waals surface area contributed by atoms with Crippen molar-refractivity contribution in [2.45, 2.75) is 20.0 Å². The van der Waals surface area contributed by atoms with Gasteiger partial charge in [0.05, 0.1) is 15.9 Å². The summed E-state index contributed by atoms with van der Waals surface area (Å²) in [6.07, 6.45) is 0. The number of halogens is 2. The Labute approximate surface area is 124 Å². The van der Waals surface area contributed by atoms with Crippen LogP contribution in [0.5, 0.6) is 0 Å². The van der Waals surface area contributed by atoms with Crippen LogP contribution in [0, 0.1) is 6.92 Å². The van der Waals surface area contributed by atoms with Gasteiger partial charge >= 0.3 is 0 Å². The summed E-state index contributed by atoms with van der Waals surface area (Å²) in [6, 6.07) is 8.34. The normalized spacial score (nSPS) is 10.9. The Morgan fingerprint density at radius 1 is 1.17 bits per heavy atom. The third kappa shape index (κ3) is 3.22. The number of hydrogen-bond donors (Lipinski definition) is 1. The molecule has 0 saturated carbocycles. The molecule has 0 bridgehead atoms. The van der Waals surface area contributed by atoms with Crippen LogP contribution in [0.25, 0.3) is 0 Å². The Morgan fingerprint density at radius 3 is 2.39 bits per heavy atom. The van der Waals surface area contributed by atoms with E-state index in [-0.39, 0.29) is 0 Å². The van der Waals surface area contributed by atoms with Crippen LogP contribution in [0.2, 0.25) is 0 Å². The van der Waals surface area contributed by atoms with Crippen LogP contribution in [-0.2, 0) is 20.1 Å². The standard InChI is InChI=1S/C13H15Br2N3/c1-9-13(15)12(18(2)17-9)8-16-7-10-3-5-11(14)6-4-10/h3-6,16H,7-8H2,1-2H3. The third-order valence-corrected chi connectivity index (χ3v) is 4.36. The van der Waals surface area contributed by atoms with Gasteiger partial charge in [-0.3, -0.25) is 4.68 Å². The van der Waals surface area contributed by atoms with Gasteiger partial charge in [-0.1, -0.05) is 28.1 Å². The lowest BCUT2D eigenvalue weighted by molar-refractivity contribution is 0.623. The number of nitrogens with one attached hydrogen (secondary N) is 1. The second-order valence-corrected chi connectivity index (χ2v) is 5.91. The van der Waals surface area contributed by atoms with Crippen molar-refractivity contribution in [3.05, 3.63) is 50.2 Å². The summed E-state index contributed by atoms with van der Waals surface area (Å²) in [7, 11) is 1.97. The number of rotatable bonds is 4. The first-order valence-corrected chi connectivity index (χ1v) is 7.29. The van der Waals surface area contributed by atoms with E-state index in [1.807, 2.05) is 18.7 Å². The van der Waals surface area contributed by atoms with E-state index in [9.17, 15) is 0 Å². The molecule has 1 heterocycles. The van der Waals surface area contributed by atoms with Crippen LogP contribution in [0.3, 0.4) is 0 Å². The van der Waals surface area contributed by atoms with Crippen molar-refractivity contribution < 1.29 is 0 Å². The number of aromatic nitrogens is 2. The van der Waals surface area contributed by atoms with Crippen LogP contribution in [0.15, 0.2) is 33.2 Å². The van der Waals surface area contributed by atoms with Gasteiger partial charge in [0.1, 0.15) is 0 Å². The summed E-state index contributed by atoms with van der Waals surface area (Å²) < 4.78 is 4.11. The molecule has 0 aliphatic rings. The number of hydrogen-bond acceptors (Lipinski definition) is 2. The molecule has 1 aromatic carbocycles. The Balaban J connectivity index is 1.94. The van der Waals surface area contributed by atoms with Crippen LogP contribution >= 0.6 is 31.9 Å². The first-order chi connectivity index (χ1) is 8.58. The van der Waals surface area contributed by atoms with Gasteiger partial charge in [0, 0.05) is 24.6 Å². The van der Waals surface area contributed by atoms with E-state index in [2.05, 4.69) is 66.5 Å². The quantitative estimate of drug-likeness (QED) is 0.889. The molecule has 0 atom stereocenters. The fourth-order valence-electron chi connectivity index (χ4n) is 1.80. The number of aryl methyl sites for hydroxylation is 2. The van der Waals surface area contributed by atoms with Crippen LogP contribution in [-0.4, -0.2) is 9.78 Å². The summed E-state index contributed by atoms with van der Waals surface area (Å²) in [5.41, 5.74) is 3.47. The minimum Gasteiger partial charge on any atom is -0.307 e. The molecule has 0 spiro atoms. The molecule has 2 rings (SSSR count). The molecule has 2 aromatic rings. The first-order valence-electron chi connectivity index (χ1n) is 5.71.